The summed E-state index contributed by atoms with van der Waals surface area (Å²) in [5.74, 6) is -1.02. The summed E-state index contributed by atoms with van der Waals surface area (Å²) in [6.07, 6.45) is -4.45. The Kier molecular flexibility index (Phi) is 3.33. The molecular formula is C7H11F3N2O2. The quantitative estimate of drug-likeness (QED) is 0.600. The van der Waals surface area contributed by atoms with Crippen LogP contribution in [-0.4, -0.2) is 42.4 Å². The molecule has 1 rings (SSSR count). The zero-order valence-corrected chi connectivity index (χ0v) is 7.27. The van der Waals surface area contributed by atoms with Crippen LogP contribution in [0.5, 0.6) is 0 Å². The Balaban J connectivity index is 2.35. The molecule has 3 N–H and O–H groups in total. The van der Waals surface area contributed by atoms with Gasteiger partial charge in [0.2, 0.25) is 0 Å². The molecule has 1 aliphatic heterocycles. The average Bonchev–Trinajstić information content (AvgIpc) is 2.02. The van der Waals surface area contributed by atoms with Gasteiger partial charge in [0, 0.05) is 19.1 Å². The minimum absolute atomic E-state index is 0.0243. The first kappa shape index (κ1) is 11.3. The summed E-state index contributed by atoms with van der Waals surface area (Å²) >= 11 is 0. The van der Waals surface area contributed by atoms with Crippen LogP contribution in [0.4, 0.5) is 13.2 Å². The molecule has 0 bridgehead atoms. The van der Waals surface area contributed by atoms with Crippen molar-refractivity contribution in [3.8, 4) is 0 Å². The highest BCUT2D eigenvalue weighted by molar-refractivity contribution is 5.67. The van der Waals surface area contributed by atoms with Gasteiger partial charge in [0.15, 0.2) is 0 Å². The van der Waals surface area contributed by atoms with Crippen LogP contribution in [-0.2, 0) is 4.79 Å². The molecule has 1 aliphatic rings. The van der Waals surface area contributed by atoms with Crippen molar-refractivity contribution in [1.29, 1.82) is 0 Å². The lowest BCUT2D eigenvalue weighted by molar-refractivity contribution is -0.158. The zero-order valence-electron chi connectivity index (χ0n) is 7.27. The van der Waals surface area contributed by atoms with Gasteiger partial charge >= 0.3 is 12.1 Å². The fraction of sp³-hybridized carbons (Fsp3) is 0.857. The van der Waals surface area contributed by atoms with Crippen LogP contribution in [0.1, 0.15) is 6.42 Å². The molecule has 1 heterocycles. The van der Waals surface area contributed by atoms with Gasteiger partial charge in [-0.05, 0) is 0 Å². The third-order valence-electron chi connectivity index (χ3n) is 2.04. The van der Waals surface area contributed by atoms with Gasteiger partial charge in [-0.2, -0.15) is 13.2 Å². The highest BCUT2D eigenvalue weighted by Crippen LogP contribution is 2.21. The number of hydrogen-bond acceptors (Lipinski definition) is 3. The number of piperazine rings is 1. The first-order valence-corrected chi connectivity index (χ1v) is 4.15. The van der Waals surface area contributed by atoms with E-state index in [4.69, 9.17) is 5.11 Å². The number of aliphatic carboxylic acids is 1. The van der Waals surface area contributed by atoms with Crippen LogP contribution >= 0.6 is 0 Å². The van der Waals surface area contributed by atoms with Crippen LogP contribution in [0.15, 0.2) is 0 Å². The maximum Gasteiger partial charge on any atom is 0.405 e. The lowest BCUT2D eigenvalue weighted by Gasteiger charge is -2.31. The van der Waals surface area contributed by atoms with Gasteiger partial charge in [0.05, 0.1) is 6.42 Å². The Hall–Kier alpha value is -0.820. The van der Waals surface area contributed by atoms with Gasteiger partial charge in [0.25, 0.3) is 0 Å². The molecule has 0 aromatic rings. The average molecular weight is 212 g/mol. The molecule has 0 aromatic heterocycles. The molecule has 7 heteroatoms. The standard InChI is InChI=1S/C7H11F3N2O2/c8-7(9,10)5-3-11-4(2-12-5)1-6(13)14/h4-5,11-12H,1-3H2,(H,13,14). The van der Waals surface area contributed by atoms with E-state index in [1.165, 1.54) is 0 Å². The summed E-state index contributed by atoms with van der Waals surface area (Å²) in [6, 6.07) is -2.00. The summed E-state index contributed by atoms with van der Waals surface area (Å²) in [5.41, 5.74) is 0. The minimum atomic E-state index is -4.28. The minimum Gasteiger partial charge on any atom is -0.481 e. The Morgan fingerprint density at radius 2 is 2.00 bits per heavy atom. The van der Waals surface area contributed by atoms with Gasteiger partial charge in [0.1, 0.15) is 6.04 Å². The van der Waals surface area contributed by atoms with E-state index in [1.807, 2.05) is 0 Å². The summed E-state index contributed by atoms with van der Waals surface area (Å²) < 4.78 is 36.3. The molecule has 1 saturated heterocycles. The maximum atomic E-state index is 12.1. The van der Waals surface area contributed by atoms with Crippen molar-refractivity contribution >= 4 is 5.97 Å². The summed E-state index contributed by atoms with van der Waals surface area (Å²) in [6.45, 7) is -0.252. The van der Waals surface area contributed by atoms with Crippen molar-refractivity contribution < 1.29 is 23.1 Å². The number of carboxylic acids is 1. The van der Waals surface area contributed by atoms with E-state index >= 15 is 0 Å². The molecule has 4 nitrogen and oxygen atoms in total. The number of halogens is 3. The van der Waals surface area contributed by atoms with E-state index in [-0.39, 0.29) is 19.5 Å². The Bertz CT molecular complexity index is 211. The monoisotopic (exact) mass is 212 g/mol. The van der Waals surface area contributed by atoms with E-state index < -0.39 is 24.2 Å². The molecule has 2 atom stereocenters. The van der Waals surface area contributed by atoms with Gasteiger partial charge in [-0.3, -0.25) is 4.79 Å². The molecular weight excluding hydrogens is 201 g/mol. The summed E-state index contributed by atoms with van der Waals surface area (Å²) in [5, 5.41) is 13.2. The maximum absolute atomic E-state index is 12.1. The first-order chi connectivity index (χ1) is 6.39. The SMILES string of the molecule is O=C(O)CC1CNC(C(F)(F)F)CN1. The van der Waals surface area contributed by atoms with Crippen LogP contribution in [0.2, 0.25) is 0 Å². The first-order valence-electron chi connectivity index (χ1n) is 4.15. The highest BCUT2D eigenvalue weighted by Gasteiger charge is 2.41. The normalized spacial score (nSPS) is 28.8. The van der Waals surface area contributed by atoms with E-state index in [1.54, 1.807) is 0 Å². The number of rotatable bonds is 2. The number of alkyl halides is 3. The summed E-state index contributed by atoms with van der Waals surface area (Å²) in [7, 11) is 0. The van der Waals surface area contributed by atoms with Gasteiger partial charge in [-0.15, -0.1) is 0 Å². The number of nitrogens with one attached hydrogen (secondary N) is 2. The molecule has 14 heavy (non-hydrogen) atoms. The zero-order chi connectivity index (χ0) is 10.8. The predicted octanol–water partition coefficient (Wildman–Crippen LogP) is -0.0466. The third kappa shape index (κ3) is 3.15. The van der Waals surface area contributed by atoms with Crippen molar-refractivity contribution in [2.45, 2.75) is 24.7 Å². The van der Waals surface area contributed by atoms with E-state index in [2.05, 4.69) is 10.6 Å². The number of carbonyl (C=O) groups is 1. The lowest BCUT2D eigenvalue weighted by Crippen LogP contribution is -2.60. The number of carboxylic acid groups (broad SMARTS) is 1. The molecule has 2 unspecified atom stereocenters. The fourth-order valence-corrected chi connectivity index (χ4v) is 1.30. The summed E-state index contributed by atoms with van der Waals surface area (Å²) in [4.78, 5) is 10.3. The van der Waals surface area contributed by atoms with Gasteiger partial charge in [-0.1, -0.05) is 0 Å². The lowest BCUT2D eigenvalue weighted by atomic mass is 10.1. The fourth-order valence-electron chi connectivity index (χ4n) is 1.30. The second kappa shape index (κ2) is 4.14. The molecule has 0 spiro atoms. The molecule has 82 valence electrons. The largest absolute Gasteiger partial charge is 0.481 e. The molecule has 0 amide bonds. The molecule has 1 fully saturated rings. The van der Waals surface area contributed by atoms with Crippen LogP contribution in [0.3, 0.4) is 0 Å². The smallest absolute Gasteiger partial charge is 0.405 e. The Morgan fingerprint density at radius 3 is 2.36 bits per heavy atom. The Morgan fingerprint density at radius 1 is 1.36 bits per heavy atom. The van der Waals surface area contributed by atoms with Crippen LogP contribution in [0.25, 0.3) is 0 Å². The van der Waals surface area contributed by atoms with Crippen molar-refractivity contribution in [2.24, 2.45) is 0 Å². The van der Waals surface area contributed by atoms with Crippen molar-refractivity contribution in [3.63, 3.8) is 0 Å². The second-order valence-corrected chi connectivity index (χ2v) is 3.21. The third-order valence-corrected chi connectivity index (χ3v) is 2.04. The van der Waals surface area contributed by atoms with E-state index in [0.29, 0.717) is 0 Å². The molecule has 0 radical (unpaired) electrons. The molecule has 0 aliphatic carbocycles. The van der Waals surface area contributed by atoms with Gasteiger partial charge < -0.3 is 15.7 Å². The van der Waals surface area contributed by atoms with Crippen LogP contribution in [0, 0.1) is 0 Å². The van der Waals surface area contributed by atoms with Crippen molar-refractivity contribution in [3.05, 3.63) is 0 Å². The van der Waals surface area contributed by atoms with Crippen LogP contribution < -0.4 is 10.6 Å². The van der Waals surface area contributed by atoms with Crippen molar-refractivity contribution in [1.82, 2.24) is 10.6 Å². The Labute approximate surface area is 78.5 Å². The predicted molar refractivity (Wildman–Crippen MR) is 41.9 cm³/mol. The van der Waals surface area contributed by atoms with Gasteiger partial charge in [-0.25, -0.2) is 0 Å². The van der Waals surface area contributed by atoms with E-state index in [9.17, 15) is 18.0 Å². The molecule has 0 saturated carbocycles. The molecule has 0 aromatic carbocycles. The number of hydrogen-bond donors (Lipinski definition) is 3. The topological polar surface area (TPSA) is 61.4 Å². The second-order valence-electron chi connectivity index (χ2n) is 3.21. The van der Waals surface area contributed by atoms with Crippen molar-refractivity contribution in [2.75, 3.05) is 13.1 Å². The highest BCUT2D eigenvalue weighted by atomic mass is 19.4. The van der Waals surface area contributed by atoms with E-state index in [0.717, 1.165) is 0 Å².